The fourth-order valence-electron chi connectivity index (χ4n) is 3.38. The molecule has 0 aromatic carbocycles. The van der Waals surface area contributed by atoms with Gasteiger partial charge in [0.05, 0.1) is 6.04 Å². The van der Waals surface area contributed by atoms with Crippen molar-refractivity contribution in [3.05, 3.63) is 0 Å². The van der Waals surface area contributed by atoms with Crippen molar-refractivity contribution in [1.29, 1.82) is 0 Å². The highest BCUT2D eigenvalue weighted by Crippen LogP contribution is 2.11. The summed E-state index contributed by atoms with van der Waals surface area (Å²) in [5.41, 5.74) is 16.5. The number of guanidine groups is 1. The van der Waals surface area contributed by atoms with E-state index < -0.39 is 60.2 Å². The molecule has 11 N–H and O–H groups in total. The van der Waals surface area contributed by atoms with Crippen molar-refractivity contribution in [2.24, 2.45) is 34.0 Å². The molecule has 0 aliphatic rings. The van der Waals surface area contributed by atoms with E-state index in [0.717, 1.165) is 0 Å². The van der Waals surface area contributed by atoms with Crippen LogP contribution in [0.25, 0.3) is 0 Å². The Labute approximate surface area is 217 Å². The van der Waals surface area contributed by atoms with Crippen LogP contribution in [0.3, 0.4) is 0 Å². The summed E-state index contributed by atoms with van der Waals surface area (Å²) in [6, 6.07) is -4.53. The molecule has 0 radical (unpaired) electrons. The maximum Gasteiger partial charge on any atom is 0.326 e. The zero-order valence-corrected chi connectivity index (χ0v) is 22.0. The summed E-state index contributed by atoms with van der Waals surface area (Å²) in [7, 11) is 0. The fraction of sp³-hybridized carbons (Fsp3) is 0.739. The normalized spacial score (nSPS) is 15.0. The van der Waals surface area contributed by atoms with Gasteiger partial charge in [-0.1, -0.05) is 34.1 Å². The third-order valence-electron chi connectivity index (χ3n) is 5.70. The zero-order chi connectivity index (χ0) is 28.7. The van der Waals surface area contributed by atoms with Gasteiger partial charge < -0.3 is 43.4 Å². The van der Waals surface area contributed by atoms with E-state index in [1.807, 2.05) is 6.92 Å². The number of carboxylic acids is 2. The summed E-state index contributed by atoms with van der Waals surface area (Å²) < 4.78 is 0. The first-order valence-corrected chi connectivity index (χ1v) is 12.4. The molecule has 37 heavy (non-hydrogen) atoms. The van der Waals surface area contributed by atoms with E-state index in [1.54, 1.807) is 20.8 Å². The molecular weight excluding hydrogens is 486 g/mol. The maximum absolute atomic E-state index is 13.1. The number of rotatable bonds is 18. The van der Waals surface area contributed by atoms with E-state index in [-0.39, 0.29) is 43.6 Å². The minimum Gasteiger partial charge on any atom is -0.481 e. The largest absolute Gasteiger partial charge is 0.481 e. The molecule has 14 heteroatoms. The van der Waals surface area contributed by atoms with E-state index in [4.69, 9.17) is 22.3 Å². The molecule has 0 aromatic heterocycles. The van der Waals surface area contributed by atoms with Crippen molar-refractivity contribution in [3.8, 4) is 0 Å². The van der Waals surface area contributed by atoms with Gasteiger partial charge in [-0.2, -0.15) is 0 Å². The number of carbonyl (C=O) groups excluding carboxylic acids is 3. The Bertz CT molecular complexity index is 815. The van der Waals surface area contributed by atoms with Gasteiger partial charge in [0.1, 0.15) is 18.1 Å². The van der Waals surface area contributed by atoms with Gasteiger partial charge in [-0.05, 0) is 37.5 Å². The second-order valence-corrected chi connectivity index (χ2v) is 9.45. The molecule has 0 spiro atoms. The first-order chi connectivity index (χ1) is 17.2. The van der Waals surface area contributed by atoms with Crippen LogP contribution >= 0.6 is 0 Å². The molecule has 5 unspecified atom stereocenters. The molecule has 5 atom stereocenters. The summed E-state index contributed by atoms with van der Waals surface area (Å²) in [6.45, 7) is 7.40. The molecule has 0 rings (SSSR count). The molecule has 3 amide bonds. The molecule has 14 nitrogen and oxygen atoms in total. The van der Waals surface area contributed by atoms with Crippen LogP contribution in [0.15, 0.2) is 4.99 Å². The lowest BCUT2D eigenvalue weighted by atomic mass is 9.96. The molecule has 0 fully saturated rings. The van der Waals surface area contributed by atoms with Crippen LogP contribution < -0.4 is 33.2 Å². The van der Waals surface area contributed by atoms with Gasteiger partial charge in [-0.25, -0.2) is 4.79 Å². The highest BCUT2D eigenvalue weighted by molar-refractivity contribution is 5.94. The number of nitrogens with zero attached hydrogens (tertiary/aromatic N) is 1. The Balaban J connectivity index is 5.53. The van der Waals surface area contributed by atoms with E-state index >= 15 is 0 Å². The van der Waals surface area contributed by atoms with Crippen molar-refractivity contribution >= 4 is 35.6 Å². The molecule has 0 saturated heterocycles. The lowest BCUT2D eigenvalue weighted by Crippen LogP contribution is -2.58. The first-order valence-electron chi connectivity index (χ1n) is 12.4. The minimum atomic E-state index is -1.32. The van der Waals surface area contributed by atoms with Gasteiger partial charge >= 0.3 is 11.9 Å². The van der Waals surface area contributed by atoms with Crippen molar-refractivity contribution in [2.45, 2.75) is 90.4 Å². The number of hydrogen-bond donors (Lipinski definition) is 8. The molecule has 0 bridgehead atoms. The van der Waals surface area contributed by atoms with Crippen LogP contribution in [0.2, 0.25) is 0 Å². The Morgan fingerprint density at radius 2 is 1.46 bits per heavy atom. The van der Waals surface area contributed by atoms with Crippen molar-refractivity contribution in [1.82, 2.24) is 16.0 Å². The number of hydrogen-bond acceptors (Lipinski definition) is 7. The zero-order valence-electron chi connectivity index (χ0n) is 22.0. The summed E-state index contributed by atoms with van der Waals surface area (Å²) in [5, 5.41) is 26.0. The standard InChI is InChI=1S/C23H43N7O7/c1-5-13(4)18(30-19(33)14(24)7-6-10-27-23(25)26)21(35)28-15(8-9-17(31)32)20(34)29-16(22(36)37)11-12(2)3/h12-16,18H,5-11,24H2,1-4H3,(H,28,35)(H,29,34)(H,30,33)(H,31,32)(H,36,37)(H4,25,26,27). The number of amides is 3. The predicted molar refractivity (Wildman–Crippen MR) is 137 cm³/mol. The minimum absolute atomic E-state index is 0.0397. The maximum atomic E-state index is 13.1. The van der Waals surface area contributed by atoms with Crippen LogP contribution in [0.5, 0.6) is 0 Å². The Morgan fingerprint density at radius 1 is 0.865 bits per heavy atom. The van der Waals surface area contributed by atoms with Crippen molar-refractivity contribution in [3.63, 3.8) is 0 Å². The molecule has 0 saturated carbocycles. The van der Waals surface area contributed by atoms with Crippen LogP contribution in [-0.2, 0) is 24.0 Å². The van der Waals surface area contributed by atoms with Crippen molar-refractivity contribution < 1.29 is 34.2 Å². The number of carboxylic acid groups (broad SMARTS) is 2. The van der Waals surface area contributed by atoms with Gasteiger partial charge in [0.2, 0.25) is 17.7 Å². The monoisotopic (exact) mass is 529 g/mol. The number of nitrogens with one attached hydrogen (secondary N) is 3. The van der Waals surface area contributed by atoms with E-state index in [2.05, 4.69) is 20.9 Å². The van der Waals surface area contributed by atoms with Gasteiger partial charge in [0.25, 0.3) is 0 Å². The van der Waals surface area contributed by atoms with Crippen LogP contribution in [-0.4, -0.2) is 76.5 Å². The highest BCUT2D eigenvalue weighted by Gasteiger charge is 2.32. The van der Waals surface area contributed by atoms with E-state index in [1.165, 1.54) is 0 Å². The SMILES string of the molecule is CCC(C)C(NC(=O)C(N)CCCN=C(N)N)C(=O)NC(CCC(=O)O)C(=O)NC(CC(C)C)C(=O)O. The summed E-state index contributed by atoms with van der Waals surface area (Å²) in [4.78, 5) is 65.1. The molecular formula is C23H43N7O7. The number of carbonyl (C=O) groups is 5. The number of aliphatic imine (C=N–C) groups is 1. The van der Waals surface area contributed by atoms with Gasteiger partial charge in [0, 0.05) is 13.0 Å². The lowest BCUT2D eigenvalue weighted by molar-refractivity contribution is -0.143. The van der Waals surface area contributed by atoms with E-state index in [0.29, 0.717) is 12.8 Å². The van der Waals surface area contributed by atoms with Crippen LogP contribution in [0.1, 0.15) is 66.2 Å². The quantitative estimate of drug-likeness (QED) is 0.0601. The second-order valence-electron chi connectivity index (χ2n) is 9.45. The molecule has 0 heterocycles. The molecule has 0 aliphatic heterocycles. The van der Waals surface area contributed by atoms with Gasteiger partial charge in [0.15, 0.2) is 5.96 Å². The molecule has 212 valence electrons. The average molecular weight is 530 g/mol. The predicted octanol–water partition coefficient (Wildman–Crippen LogP) is -1.14. The summed E-state index contributed by atoms with van der Waals surface area (Å²) in [5.74, 6) is -5.03. The summed E-state index contributed by atoms with van der Waals surface area (Å²) in [6.07, 6.45) is 0.624. The molecule has 0 aromatic rings. The first kappa shape index (κ1) is 33.6. The van der Waals surface area contributed by atoms with Gasteiger partial charge in [-0.3, -0.25) is 24.2 Å². The smallest absolute Gasteiger partial charge is 0.326 e. The van der Waals surface area contributed by atoms with Crippen molar-refractivity contribution in [2.75, 3.05) is 6.54 Å². The highest BCUT2D eigenvalue weighted by atomic mass is 16.4. The summed E-state index contributed by atoms with van der Waals surface area (Å²) >= 11 is 0. The lowest BCUT2D eigenvalue weighted by Gasteiger charge is -2.28. The third kappa shape index (κ3) is 14.0. The third-order valence-corrected chi connectivity index (χ3v) is 5.70. The number of aliphatic carboxylic acids is 2. The Morgan fingerprint density at radius 3 is 1.95 bits per heavy atom. The van der Waals surface area contributed by atoms with E-state index in [9.17, 15) is 29.1 Å². The topological polar surface area (TPSA) is 252 Å². The molecule has 0 aliphatic carbocycles. The fourth-order valence-corrected chi connectivity index (χ4v) is 3.38. The van der Waals surface area contributed by atoms with Crippen LogP contribution in [0.4, 0.5) is 0 Å². The van der Waals surface area contributed by atoms with Gasteiger partial charge in [-0.15, -0.1) is 0 Å². The second kappa shape index (κ2) is 17.1. The average Bonchev–Trinajstić information content (AvgIpc) is 2.80. The number of nitrogens with two attached hydrogens (primary N) is 3. The Kier molecular flexibility index (Phi) is 15.5. The van der Waals surface area contributed by atoms with Crippen LogP contribution in [0, 0.1) is 11.8 Å². The Hall–Kier alpha value is -3.42.